The van der Waals surface area contributed by atoms with Gasteiger partial charge in [-0.15, -0.1) is 0 Å². The number of rotatable bonds is 5. The molecule has 0 radical (unpaired) electrons. The topological polar surface area (TPSA) is 108 Å². The summed E-state index contributed by atoms with van der Waals surface area (Å²) in [5.41, 5.74) is 1.79. The van der Waals surface area contributed by atoms with Crippen LogP contribution in [0.2, 0.25) is 0 Å². The van der Waals surface area contributed by atoms with Crippen LogP contribution in [-0.4, -0.2) is 46.7 Å². The van der Waals surface area contributed by atoms with Gasteiger partial charge in [-0.2, -0.15) is 4.31 Å². The van der Waals surface area contributed by atoms with Crippen LogP contribution in [0, 0.1) is 5.92 Å². The molecule has 8 nitrogen and oxygen atoms in total. The molecule has 152 valence electrons. The van der Waals surface area contributed by atoms with Gasteiger partial charge in [0.1, 0.15) is 10.7 Å². The molecule has 0 saturated carbocycles. The zero-order valence-electron chi connectivity index (χ0n) is 16.1. The number of hydrogen-bond donors (Lipinski definition) is 2. The van der Waals surface area contributed by atoms with Crippen molar-refractivity contribution >= 4 is 27.0 Å². The third-order valence-electron chi connectivity index (χ3n) is 5.27. The normalized spacial score (nSPS) is 17.3. The van der Waals surface area contributed by atoms with Crippen LogP contribution in [0.1, 0.15) is 31.6 Å². The number of carbonyl (C=O) groups is 1. The minimum absolute atomic E-state index is 0.0728. The van der Waals surface area contributed by atoms with E-state index in [2.05, 4.69) is 20.3 Å². The molecule has 1 aromatic carbocycles. The van der Waals surface area contributed by atoms with Gasteiger partial charge in [0.2, 0.25) is 15.9 Å². The molecule has 2 aromatic heterocycles. The van der Waals surface area contributed by atoms with Gasteiger partial charge in [-0.25, -0.2) is 13.4 Å². The number of amides is 1. The number of nitrogens with one attached hydrogen (secondary N) is 2. The number of fused-ring (bicyclic) bond motifs is 1. The van der Waals surface area contributed by atoms with E-state index >= 15 is 0 Å². The van der Waals surface area contributed by atoms with Gasteiger partial charge in [0.25, 0.3) is 0 Å². The first kappa shape index (κ1) is 19.5. The number of piperidine rings is 1. The summed E-state index contributed by atoms with van der Waals surface area (Å²) in [6.45, 7) is 2.51. The molecule has 3 heterocycles. The summed E-state index contributed by atoms with van der Waals surface area (Å²) in [6, 6.07) is 10.6. The molecule has 0 spiro atoms. The Hall–Kier alpha value is -2.78. The van der Waals surface area contributed by atoms with Gasteiger partial charge in [-0.05, 0) is 44.0 Å². The highest BCUT2D eigenvalue weighted by atomic mass is 32.2. The van der Waals surface area contributed by atoms with Crippen LogP contribution in [0.3, 0.4) is 0 Å². The van der Waals surface area contributed by atoms with E-state index in [9.17, 15) is 13.2 Å². The van der Waals surface area contributed by atoms with Gasteiger partial charge in [0, 0.05) is 31.4 Å². The second-order valence-electron chi connectivity index (χ2n) is 7.24. The van der Waals surface area contributed by atoms with E-state index in [1.807, 2.05) is 31.2 Å². The highest BCUT2D eigenvalue weighted by molar-refractivity contribution is 7.89. The number of nitrogens with zero attached hydrogens (tertiary/aromatic N) is 3. The molecule has 3 aromatic rings. The van der Waals surface area contributed by atoms with Crippen molar-refractivity contribution in [1.82, 2.24) is 24.6 Å². The van der Waals surface area contributed by atoms with Crippen LogP contribution in [0.15, 0.2) is 53.7 Å². The standard InChI is InChI=1S/C20H23N5O3S/c1-14(19-23-17-6-2-3-7-18(17)24-19)22-20(26)15-8-11-25(12-9-15)29(27,28)16-5-4-10-21-13-16/h2-7,10,13-15H,8-9,11-12H2,1H3,(H,22,26)(H,23,24). The summed E-state index contributed by atoms with van der Waals surface area (Å²) in [6.07, 6.45) is 3.86. The number of imidazole rings is 1. The summed E-state index contributed by atoms with van der Waals surface area (Å²) in [7, 11) is -3.57. The van der Waals surface area contributed by atoms with Crippen molar-refractivity contribution in [2.45, 2.75) is 30.7 Å². The molecule has 1 saturated heterocycles. The number of aromatic amines is 1. The highest BCUT2D eigenvalue weighted by Crippen LogP contribution is 2.24. The average molecular weight is 414 g/mol. The third-order valence-corrected chi connectivity index (χ3v) is 7.16. The fourth-order valence-electron chi connectivity index (χ4n) is 3.58. The summed E-state index contributed by atoms with van der Waals surface area (Å²) >= 11 is 0. The number of hydrogen-bond acceptors (Lipinski definition) is 5. The predicted octanol–water partition coefficient (Wildman–Crippen LogP) is 2.24. The summed E-state index contributed by atoms with van der Waals surface area (Å²) in [4.78, 5) is 24.5. The lowest BCUT2D eigenvalue weighted by molar-refractivity contribution is -0.126. The Balaban J connectivity index is 1.36. The zero-order valence-corrected chi connectivity index (χ0v) is 16.9. The minimum atomic E-state index is -3.57. The van der Waals surface area contributed by atoms with E-state index in [-0.39, 0.29) is 22.8 Å². The summed E-state index contributed by atoms with van der Waals surface area (Å²) in [5.74, 6) is 0.412. The lowest BCUT2D eigenvalue weighted by Gasteiger charge is -2.31. The maximum atomic E-state index is 12.7. The molecule has 0 bridgehead atoms. The van der Waals surface area contributed by atoms with Crippen LogP contribution in [0.4, 0.5) is 0 Å². The quantitative estimate of drug-likeness (QED) is 0.667. The van der Waals surface area contributed by atoms with Gasteiger partial charge in [-0.3, -0.25) is 9.78 Å². The van der Waals surface area contributed by atoms with Crippen molar-refractivity contribution in [3.63, 3.8) is 0 Å². The number of para-hydroxylation sites is 2. The zero-order chi connectivity index (χ0) is 20.4. The third kappa shape index (κ3) is 4.01. The van der Waals surface area contributed by atoms with E-state index in [4.69, 9.17) is 0 Å². The number of carbonyl (C=O) groups excluding carboxylic acids is 1. The van der Waals surface area contributed by atoms with E-state index < -0.39 is 10.0 Å². The predicted molar refractivity (Wildman–Crippen MR) is 108 cm³/mol. The molecule has 4 rings (SSSR count). The molecular weight excluding hydrogens is 390 g/mol. The van der Waals surface area contributed by atoms with E-state index in [0.717, 1.165) is 11.0 Å². The first-order valence-electron chi connectivity index (χ1n) is 9.60. The van der Waals surface area contributed by atoms with E-state index in [1.54, 1.807) is 12.3 Å². The number of H-pyrrole nitrogens is 1. The molecule has 2 N–H and O–H groups in total. The lowest BCUT2D eigenvalue weighted by atomic mass is 9.97. The van der Waals surface area contributed by atoms with Crippen LogP contribution in [-0.2, 0) is 14.8 Å². The van der Waals surface area contributed by atoms with Crippen molar-refractivity contribution in [2.24, 2.45) is 5.92 Å². The van der Waals surface area contributed by atoms with Crippen molar-refractivity contribution in [3.8, 4) is 0 Å². The number of sulfonamides is 1. The lowest BCUT2D eigenvalue weighted by Crippen LogP contribution is -2.43. The number of aromatic nitrogens is 3. The smallest absolute Gasteiger partial charge is 0.244 e. The molecular formula is C20H23N5O3S. The molecule has 29 heavy (non-hydrogen) atoms. The average Bonchev–Trinajstić information content (AvgIpc) is 3.19. The van der Waals surface area contributed by atoms with Crippen LogP contribution in [0.5, 0.6) is 0 Å². The van der Waals surface area contributed by atoms with E-state index in [1.165, 1.54) is 16.6 Å². The Bertz CT molecular complexity index is 1070. The maximum absolute atomic E-state index is 12.7. The van der Waals surface area contributed by atoms with Gasteiger partial charge in [0.15, 0.2) is 0 Å². The second kappa shape index (κ2) is 7.92. The van der Waals surface area contributed by atoms with Crippen LogP contribution < -0.4 is 5.32 Å². The van der Waals surface area contributed by atoms with Crippen LogP contribution >= 0.6 is 0 Å². The molecule has 1 aliphatic rings. The van der Waals surface area contributed by atoms with Crippen LogP contribution in [0.25, 0.3) is 11.0 Å². The molecule has 9 heteroatoms. The Morgan fingerprint density at radius 2 is 1.97 bits per heavy atom. The Kier molecular flexibility index (Phi) is 5.33. The minimum Gasteiger partial charge on any atom is -0.346 e. The Labute approximate surface area is 169 Å². The monoisotopic (exact) mass is 413 g/mol. The summed E-state index contributed by atoms with van der Waals surface area (Å²) in [5, 5.41) is 3.00. The van der Waals surface area contributed by atoms with Crippen molar-refractivity contribution in [3.05, 3.63) is 54.6 Å². The maximum Gasteiger partial charge on any atom is 0.244 e. The van der Waals surface area contributed by atoms with Gasteiger partial charge >= 0.3 is 0 Å². The number of pyridine rings is 1. The van der Waals surface area contributed by atoms with Gasteiger partial charge < -0.3 is 10.3 Å². The highest BCUT2D eigenvalue weighted by Gasteiger charge is 2.32. The van der Waals surface area contributed by atoms with Gasteiger partial charge in [-0.1, -0.05) is 12.1 Å². The Morgan fingerprint density at radius 3 is 2.66 bits per heavy atom. The van der Waals surface area contributed by atoms with E-state index in [0.29, 0.717) is 31.8 Å². The molecule has 1 atom stereocenters. The molecule has 1 aliphatic heterocycles. The SMILES string of the molecule is CC(NC(=O)C1CCN(S(=O)(=O)c2cccnc2)CC1)c1nc2ccccc2[nH]1. The summed E-state index contributed by atoms with van der Waals surface area (Å²) < 4.78 is 26.8. The largest absolute Gasteiger partial charge is 0.346 e. The second-order valence-corrected chi connectivity index (χ2v) is 9.17. The Morgan fingerprint density at radius 1 is 1.21 bits per heavy atom. The number of benzene rings is 1. The molecule has 0 aliphatic carbocycles. The fourth-order valence-corrected chi connectivity index (χ4v) is 5.02. The first-order chi connectivity index (χ1) is 13.9. The van der Waals surface area contributed by atoms with Crippen molar-refractivity contribution in [2.75, 3.05) is 13.1 Å². The van der Waals surface area contributed by atoms with Crippen molar-refractivity contribution < 1.29 is 13.2 Å². The molecule has 1 unspecified atom stereocenters. The van der Waals surface area contributed by atoms with Crippen molar-refractivity contribution in [1.29, 1.82) is 0 Å². The fraction of sp³-hybridized carbons (Fsp3) is 0.350. The molecule has 1 fully saturated rings. The van der Waals surface area contributed by atoms with Gasteiger partial charge in [0.05, 0.1) is 17.1 Å². The first-order valence-corrected chi connectivity index (χ1v) is 11.0. The molecule has 1 amide bonds.